The maximum atomic E-state index is 12.0. The predicted molar refractivity (Wildman–Crippen MR) is 22.6 cm³/mol. The van der Waals surface area contributed by atoms with E-state index in [1.165, 1.54) is 0 Å². The lowest BCUT2D eigenvalue weighted by molar-refractivity contribution is -0.226. The molecule has 0 radical (unpaired) electrons. The fraction of sp³-hybridized carbons (Fsp3) is 1.00. The Morgan fingerprint density at radius 3 is 2.11 bits per heavy atom. The number of hydrogen-bond donors (Lipinski definition) is 0. The van der Waals surface area contributed by atoms with Gasteiger partial charge in [0.15, 0.2) is 6.86 Å². The van der Waals surface area contributed by atoms with Crippen LogP contribution in [0.5, 0.6) is 0 Å². The maximum absolute atomic E-state index is 12.0. The van der Waals surface area contributed by atoms with E-state index in [0.29, 0.717) is 6.92 Å². The second-order valence-corrected chi connectivity index (χ2v) is 1.54. The molecule has 0 aromatic rings. The highest BCUT2D eigenvalue weighted by atomic mass is 19.3. The zero-order chi connectivity index (χ0) is 7.49. The molecule has 0 aromatic carbocycles. The van der Waals surface area contributed by atoms with Crippen LogP contribution >= 0.6 is 0 Å². The Labute approximate surface area is 49.6 Å². The van der Waals surface area contributed by atoms with Gasteiger partial charge in [-0.15, -0.1) is 0 Å². The summed E-state index contributed by atoms with van der Waals surface area (Å²) in [6, 6.07) is 0. The fourth-order valence-corrected chi connectivity index (χ4v) is 0.170. The van der Waals surface area contributed by atoms with Crippen LogP contribution in [0.25, 0.3) is 0 Å². The molecule has 0 bridgehead atoms. The fourth-order valence-electron chi connectivity index (χ4n) is 0.170. The van der Waals surface area contributed by atoms with Gasteiger partial charge in [-0.2, -0.15) is 0 Å². The molecule has 0 saturated heterocycles. The van der Waals surface area contributed by atoms with Gasteiger partial charge >= 0.3 is 0 Å². The summed E-state index contributed by atoms with van der Waals surface area (Å²) in [6.45, 7) is -1.07. The van der Waals surface area contributed by atoms with Crippen LogP contribution in [0, 0.1) is 0 Å². The minimum absolute atomic E-state index is 0.469. The Balaban J connectivity index is 3.70. The van der Waals surface area contributed by atoms with E-state index < -0.39 is 19.1 Å². The molecule has 1 unspecified atom stereocenters. The summed E-state index contributed by atoms with van der Waals surface area (Å²) in [7, 11) is 0. The van der Waals surface area contributed by atoms with Crippen molar-refractivity contribution in [3.05, 3.63) is 0 Å². The molecule has 0 aliphatic carbocycles. The van der Waals surface area contributed by atoms with E-state index in [1.54, 1.807) is 0 Å². The number of ether oxygens (including phenoxy) is 1. The Morgan fingerprint density at radius 1 is 1.56 bits per heavy atom. The number of alkyl halides is 4. The molecule has 0 rings (SSSR count). The van der Waals surface area contributed by atoms with E-state index in [9.17, 15) is 17.6 Å². The molecular weight excluding hydrogens is 140 g/mol. The minimum atomic E-state index is -3.31. The van der Waals surface area contributed by atoms with Gasteiger partial charge in [0.2, 0.25) is 0 Å². The second-order valence-electron chi connectivity index (χ2n) is 1.54. The monoisotopic (exact) mass is 146 g/mol. The first kappa shape index (κ1) is 8.68. The van der Waals surface area contributed by atoms with Crippen molar-refractivity contribution in [1.29, 1.82) is 0 Å². The smallest absolute Gasteiger partial charge is 0.296 e. The molecule has 5 heteroatoms. The lowest BCUT2D eigenvalue weighted by Crippen LogP contribution is -2.31. The second kappa shape index (κ2) is 3.00. The number of halogens is 4. The van der Waals surface area contributed by atoms with Crippen molar-refractivity contribution in [2.75, 3.05) is 6.86 Å². The molecule has 56 valence electrons. The Bertz CT molecular complexity index is 82.6. The highest BCUT2D eigenvalue weighted by molar-refractivity contribution is 4.61. The molecule has 0 aromatic heterocycles. The Hall–Kier alpha value is -0.320. The standard InChI is InChI=1S/C4H6F4O/c1-4(8,3(6)7)9-2-5/h3H,2H2,1H3. The van der Waals surface area contributed by atoms with Gasteiger partial charge in [0, 0.05) is 6.92 Å². The van der Waals surface area contributed by atoms with Crippen molar-refractivity contribution >= 4 is 0 Å². The first-order valence-corrected chi connectivity index (χ1v) is 2.17. The molecule has 0 N–H and O–H groups in total. The Kier molecular flexibility index (Phi) is 2.90. The molecule has 0 aliphatic rings. The van der Waals surface area contributed by atoms with Crippen LogP contribution in [-0.4, -0.2) is 19.1 Å². The molecule has 0 saturated carbocycles. The first-order valence-electron chi connectivity index (χ1n) is 2.17. The average molecular weight is 146 g/mol. The van der Waals surface area contributed by atoms with Gasteiger partial charge in [-0.3, -0.25) is 0 Å². The molecule has 0 heterocycles. The van der Waals surface area contributed by atoms with Crippen LogP contribution in [0.4, 0.5) is 17.6 Å². The predicted octanol–water partition coefficient (Wildman–Crippen LogP) is 1.88. The van der Waals surface area contributed by atoms with Crippen LogP contribution in [0.3, 0.4) is 0 Å². The highest BCUT2D eigenvalue weighted by Gasteiger charge is 2.35. The lowest BCUT2D eigenvalue weighted by Gasteiger charge is -2.16. The summed E-state index contributed by atoms with van der Waals surface area (Å²) in [5.74, 6) is -3.16. The highest BCUT2D eigenvalue weighted by Crippen LogP contribution is 2.21. The van der Waals surface area contributed by atoms with E-state index in [2.05, 4.69) is 4.74 Å². The van der Waals surface area contributed by atoms with Crippen molar-refractivity contribution in [3.8, 4) is 0 Å². The number of rotatable bonds is 3. The maximum Gasteiger partial charge on any atom is 0.296 e. The van der Waals surface area contributed by atoms with E-state index in [0.717, 1.165) is 0 Å². The van der Waals surface area contributed by atoms with Crippen molar-refractivity contribution in [2.24, 2.45) is 0 Å². The van der Waals surface area contributed by atoms with E-state index >= 15 is 0 Å². The topological polar surface area (TPSA) is 9.23 Å². The quantitative estimate of drug-likeness (QED) is 0.552. The SMILES string of the molecule is CC(F)(OCF)C(F)F. The van der Waals surface area contributed by atoms with Crippen LogP contribution < -0.4 is 0 Å². The van der Waals surface area contributed by atoms with Crippen molar-refractivity contribution in [2.45, 2.75) is 19.2 Å². The number of hydrogen-bond acceptors (Lipinski definition) is 1. The van der Waals surface area contributed by atoms with Crippen LogP contribution in [0.15, 0.2) is 0 Å². The third-order valence-corrected chi connectivity index (χ3v) is 0.727. The summed E-state index contributed by atoms with van der Waals surface area (Å²) < 4.78 is 49.1. The molecule has 0 amide bonds. The molecule has 0 spiro atoms. The van der Waals surface area contributed by atoms with Gasteiger partial charge in [0.1, 0.15) is 0 Å². The zero-order valence-corrected chi connectivity index (χ0v) is 4.70. The normalized spacial score (nSPS) is 18.0. The third-order valence-electron chi connectivity index (χ3n) is 0.727. The molecule has 9 heavy (non-hydrogen) atoms. The van der Waals surface area contributed by atoms with Crippen molar-refractivity contribution in [1.82, 2.24) is 0 Å². The van der Waals surface area contributed by atoms with Gasteiger partial charge in [0.25, 0.3) is 12.3 Å². The van der Waals surface area contributed by atoms with E-state index in [-0.39, 0.29) is 0 Å². The Morgan fingerprint density at radius 2 is 2.00 bits per heavy atom. The molecular formula is C4H6F4O. The molecule has 1 atom stereocenters. The summed E-state index contributed by atoms with van der Waals surface area (Å²) in [4.78, 5) is 0. The van der Waals surface area contributed by atoms with Crippen molar-refractivity contribution in [3.63, 3.8) is 0 Å². The first-order chi connectivity index (χ1) is 4.00. The van der Waals surface area contributed by atoms with Crippen molar-refractivity contribution < 1.29 is 22.3 Å². The van der Waals surface area contributed by atoms with Gasteiger partial charge in [-0.25, -0.2) is 17.6 Å². The average Bonchev–Trinajstić information content (AvgIpc) is 1.65. The molecule has 0 aliphatic heterocycles. The van der Waals surface area contributed by atoms with E-state index in [4.69, 9.17) is 0 Å². The summed E-state index contributed by atoms with van der Waals surface area (Å²) in [6.07, 6.45) is -3.31. The third kappa shape index (κ3) is 2.64. The summed E-state index contributed by atoms with van der Waals surface area (Å²) in [5, 5.41) is 0. The van der Waals surface area contributed by atoms with Gasteiger partial charge < -0.3 is 4.74 Å². The summed E-state index contributed by atoms with van der Waals surface area (Å²) in [5.41, 5.74) is 0. The summed E-state index contributed by atoms with van der Waals surface area (Å²) >= 11 is 0. The lowest BCUT2D eigenvalue weighted by atomic mass is 10.4. The largest absolute Gasteiger partial charge is 0.310 e. The van der Waals surface area contributed by atoms with Gasteiger partial charge in [0.05, 0.1) is 0 Å². The van der Waals surface area contributed by atoms with Gasteiger partial charge in [-0.1, -0.05) is 0 Å². The van der Waals surface area contributed by atoms with Crippen LogP contribution in [0.1, 0.15) is 6.92 Å². The van der Waals surface area contributed by atoms with E-state index in [1.807, 2.05) is 0 Å². The van der Waals surface area contributed by atoms with Crippen LogP contribution in [0.2, 0.25) is 0 Å². The van der Waals surface area contributed by atoms with Crippen LogP contribution in [-0.2, 0) is 4.74 Å². The minimum Gasteiger partial charge on any atom is -0.310 e. The zero-order valence-electron chi connectivity index (χ0n) is 4.70. The molecule has 0 fully saturated rings. The van der Waals surface area contributed by atoms with Gasteiger partial charge in [-0.05, 0) is 0 Å². The molecule has 1 nitrogen and oxygen atoms in total.